The molecule has 132 valence electrons. The third kappa shape index (κ3) is 4.71. The van der Waals surface area contributed by atoms with E-state index in [1.807, 2.05) is 23.0 Å². The zero-order chi connectivity index (χ0) is 18.4. The summed E-state index contributed by atoms with van der Waals surface area (Å²) in [6, 6.07) is 14.0. The maximum atomic E-state index is 12.4. The van der Waals surface area contributed by atoms with Gasteiger partial charge in [-0.15, -0.1) is 23.1 Å². The molecule has 0 aliphatic carbocycles. The molecule has 3 aromatic rings. The van der Waals surface area contributed by atoms with Gasteiger partial charge in [0.1, 0.15) is 0 Å². The molecule has 26 heavy (non-hydrogen) atoms. The molecule has 5 nitrogen and oxygen atoms in total. The number of amides is 1. The van der Waals surface area contributed by atoms with Crippen LogP contribution < -0.4 is 5.32 Å². The fourth-order valence-corrected chi connectivity index (χ4v) is 3.68. The second-order valence-electron chi connectivity index (χ2n) is 5.32. The first-order valence-corrected chi connectivity index (χ1v) is 9.68. The van der Waals surface area contributed by atoms with Gasteiger partial charge in [-0.1, -0.05) is 6.07 Å². The van der Waals surface area contributed by atoms with E-state index in [-0.39, 0.29) is 5.91 Å². The van der Waals surface area contributed by atoms with Crippen LogP contribution in [0, 0.1) is 0 Å². The van der Waals surface area contributed by atoms with Gasteiger partial charge in [0.15, 0.2) is 0 Å². The number of nitrogens with one attached hydrogen (secondary N) is 1. The number of carbonyl (C=O) groups excluding carboxylic acids is 2. The van der Waals surface area contributed by atoms with Gasteiger partial charge >= 0.3 is 5.97 Å². The Bertz CT molecular complexity index is 893. The lowest BCUT2D eigenvalue weighted by Crippen LogP contribution is -2.12. The van der Waals surface area contributed by atoms with Gasteiger partial charge in [-0.25, -0.2) is 9.78 Å². The van der Waals surface area contributed by atoms with Crippen LogP contribution in [-0.2, 0) is 10.5 Å². The smallest absolute Gasteiger partial charge is 0.337 e. The Morgan fingerprint density at radius 3 is 2.65 bits per heavy atom. The van der Waals surface area contributed by atoms with E-state index in [4.69, 9.17) is 0 Å². The van der Waals surface area contributed by atoms with Crippen molar-refractivity contribution >= 4 is 40.7 Å². The normalized spacial score (nSPS) is 10.3. The highest BCUT2D eigenvalue weighted by atomic mass is 32.2. The first-order chi connectivity index (χ1) is 12.7. The third-order valence-corrected chi connectivity index (χ3v) is 5.21. The number of thioether (sulfide) groups is 1. The molecule has 0 bridgehead atoms. The molecule has 0 fully saturated rings. The number of ether oxygens (including phenoxy) is 1. The van der Waals surface area contributed by atoms with Crippen molar-refractivity contribution in [3.05, 3.63) is 76.2 Å². The molecule has 1 heterocycles. The monoisotopic (exact) mass is 384 g/mol. The lowest BCUT2D eigenvalue weighted by Gasteiger charge is -2.07. The molecule has 1 aromatic heterocycles. The Morgan fingerprint density at radius 1 is 1.15 bits per heavy atom. The highest BCUT2D eigenvalue weighted by Gasteiger charge is 2.09. The number of esters is 1. The van der Waals surface area contributed by atoms with E-state index in [2.05, 4.69) is 15.0 Å². The number of nitrogens with zero attached hydrogens (tertiary/aromatic N) is 1. The van der Waals surface area contributed by atoms with Crippen molar-refractivity contribution in [1.29, 1.82) is 0 Å². The summed E-state index contributed by atoms with van der Waals surface area (Å²) in [7, 11) is 1.32. The van der Waals surface area contributed by atoms with E-state index in [9.17, 15) is 9.59 Å². The highest BCUT2D eigenvalue weighted by molar-refractivity contribution is 7.98. The van der Waals surface area contributed by atoms with Gasteiger partial charge in [0.2, 0.25) is 0 Å². The third-order valence-electron chi connectivity index (χ3n) is 3.53. The SMILES string of the molecule is COC(=O)c1cccc(NC(=O)c2ccc(SCc3cscn3)cc2)c1. The van der Waals surface area contributed by atoms with Crippen molar-refractivity contribution < 1.29 is 14.3 Å². The van der Waals surface area contributed by atoms with Crippen molar-refractivity contribution in [2.45, 2.75) is 10.6 Å². The molecule has 3 rings (SSSR count). The zero-order valence-electron chi connectivity index (χ0n) is 14.0. The Labute approximate surface area is 159 Å². The maximum Gasteiger partial charge on any atom is 0.337 e. The van der Waals surface area contributed by atoms with E-state index >= 15 is 0 Å². The average molecular weight is 384 g/mol. The molecule has 0 aliphatic heterocycles. The Balaban J connectivity index is 1.62. The predicted molar refractivity (Wildman–Crippen MR) is 104 cm³/mol. The Hall–Kier alpha value is -2.64. The maximum absolute atomic E-state index is 12.4. The number of methoxy groups -OCH3 is 1. The van der Waals surface area contributed by atoms with Crippen LogP contribution >= 0.6 is 23.1 Å². The van der Waals surface area contributed by atoms with Crippen LogP contribution in [0.5, 0.6) is 0 Å². The molecule has 0 radical (unpaired) electrons. The molecule has 0 saturated carbocycles. The number of rotatable bonds is 6. The molecular formula is C19H16N2O3S2. The Kier molecular flexibility index (Phi) is 6.04. The summed E-state index contributed by atoms with van der Waals surface area (Å²) < 4.78 is 4.69. The van der Waals surface area contributed by atoms with Crippen molar-refractivity contribution in [3.63, 3.8) is 0 Å². The van der Waals surface area contributed by atoms with E-state index in [0.717, 1.165) is 16.3 Å². The van der Waals surface area contributed by atoms with E-state index < -0.39 is 5.97 Å². The number of hydrogen-bond acceptors (Lipinski definition) is 6. The van der Waals surface area contributed by atoms with Gasteiger partial charge in [0.05, 0.1) is 23.9 Å². The Morgan fingerprint density at radius 2 is 1.96 bits per heavy atom. The summed E-state index contributed by atoms with van der Waals surface area (Å²) in [5.41, 5.74) is 4.34. The summed E-state index contributed by atoms with van der Waals surface area (Å²) in [4.78, 5) is 29.3. The number of hydrogen-bond donors (Lipinski definition) is 1. The lowest BCUT2D eigenvalue weighted by atomic mass is 10.1. The number of aromatic nitrogens is 1. The van der Waals surface area contributed by atoms with Gasteiger partial charge < -0.3 is 10.1 Å². The minimum atomic E-state index is -0.442. The van der Waals surface area contributed by atoms with Crippen LogP contribution in [0.15, 0.2) is 64.3 Å². The zero-order valence-corrected chi connectivity index (χ0v) is 15.6. The van der Waals surface area contributed by atoms with Crippen LogP contribution in [0.2, 0.25) is 0 Å². The number of anilines is 1. The quantitative estimate of drug-likeness (QED) is 0.501. The molecule has 0 saturated heterocycles. The minimum Gasteiger partial charge on any atom is -0.465 e. The van der Waals surface area contributed by atoms with Gasteiger partial charge in [-0.05, 0) is 42.5 Å². The van der Waals surface area contributed by atoms with E-state index in [1.165, 1.54) is 7.11 Å². The molecule has 0 spiro atoms. The van der Waals surface area contributed by atoms with Crippen LogP contribution in [0.1, 0.15) is 26.4 Å². The molecule has 7 heteroatoms. The second kappa shape index (κ2) is 8.64. The van der Waals surface area contributed by atoms with Crippen molar-refractivity contribution in [3.8, 4) is 0 Å². The molecular weight excluding hydrogens is 368 g/mol. The lowest BCUT2D eigenvalue weighted by molar-refractivity contribution is 0.0600. The summed E-state index contributed by atoms with van der Waals surface area (Å²) >= 11 is 3.25. The van der Waals surface area contributed by atoms with Crippen molar-refractivity contribution in [2.24, 2.45) is 0 Å². The summed E-state index contributed by atoms with van der Waals surface area (Å²) in [6.45, 7) is 0. The number of carbonyl (C=O) groups is 2. The molecule has 0 unspecified atom stereocenters. The fraction of sp³-hybridized carbons (Fsp3) is 0.105. The van der Waals surface area contributed by atoms with Gasteiger partial charge in [-0.3, -0.25) is 4.79 Å². The molecule has 2 aromatic carbocycles. The molecule has 0 atom stereocenters. The van der Waals surface area contributed by atoms with Gasteiger partial charge in [0.25, 0.3) is 5.91 Å². The topological polar surface area (TPSA) is 68.3 Å². The molecule has 1 amide bonds. The second-order valence-corrected chi connectivity index (χ2v) is 7.09. The number of thiazole rings is 1. The van der Waals surface area contributed by atoms with Gasteiger partial charge in [-0.2, -0.15) is 0 Å². The standard InChI is InChI=1S/C19H16N2O3S2/c1-24-19(23)14-3-2-4-15(9-14)21-18(22)13-5-7-17(8-6-13)26-11-16-10-25-12-20-16/h2-10,12H,11H2,1H3,(H,21,22). The largest absolute Gasteiger partial charge is 0.465 e. The van der Waals surface area contributed by atoms with Crippen LogP contribution in [0.3, 0.4) is 0 Å². The number of benzene rings is 2. The first-order valence-electron chi connectivity index (χ1n) is 7.75. The van der Waals surface area contributed by atoms with Crippen LogP contribution in [-0.4, -0.2) is 24.0 Å². The minimum absolute atomic E-state index is 0.233. The molecule has 1 N–H and O–H groups in total. The highest BCUT2D eigenvalue weighted by Crippen LogP contribution is 2.23. The molecule has 0 aliphatic rings. The first kappa shape index (κ1) is 18.2. The van der Waals surface area contributed by atoms with E-state index in [1.54, 1.807) is 59.5 Å². The van der Waals surface area contributed by atoms with Crippen LogP contribution in [0.25, 0.3) is 0 Å². The average Bonchev–Trinajstić information content (AvgIpc) is 3.20. The predicted octanol–water partition coefficient (Wildman–Crippen LogP) is 4.47. The summed E-state index contributed by atoms with van der Waals surface area (Å²) in [6.07, 6.45) is 0. The van der Waals surface area contributed by atoms with Crippen molar-refractivity contribution in [1.82, 2.24) is 4.98 Å². The fourth-order valence-electron chi connectivity index (χ4n) is 2.21. The van der Waals surface area contributed by atoms with Crippen molar-refractivity contribution in [2.75, 3.05) is 12.4 Å². The van der Waals surface area contributed by atoms with Gasteiger partial charge in [0, 0.05) is 27.3 Å². The van der Waals surface area contributed by atoms with Crippen LogP contribution in [0.4, 0.5) is 5.69 Å². The summed E-state index contributed by atoms with van der Waals surface area (Å²) in [5, 5.41) is 4.81. The summed E-state index contributed by atoms with van der Waals surface area (Å²) in [5.74, 6) is 0.126. The van der Waals surface area contributed by atoms with E-state index in [0.29, 0.717) is 16.8 Å².